The van der Waals surface area contributed by atoms with Crippen molar-refractivity contribution in [3.05, 3.63) is 108 Å². The predicted molar refractivity (Wildman–Crippen MR) is 148 cm³/mol. The van der Waals surface area contributed by atoms with Gasteiger partial charge in [0.1, 0.15) is 17.5 Å². The number of hydrogen-bond donors (Lipinski definition) is 1. The molecule has 1 saturated carbocycles. The lowest BCUT2D eigenvalue weighted by atomic mass is 10.00. The maximum Gasteiger partial charge on any atom is 0.174 e. The van der Waals surface area contributed by atoms with Crippen molar-refractivity contribution in [3.63, 3.8) is 0 Å². The number of benzene rings is 2. The molecule has 2 aromatic heterocycles. The van der Waals surface area contributed by atoms with Crippen LogP contribution in [0.5, 0.6) is 11.5 Å². The van der Waals surface area contributed by atoms with Gasteiger partial charge in [-0.3, -0.25) is 4.98 Å². The van der Waals surface area contributed by atoms with Gasteiger partial charge >= 0.3 is 0 Å². The average molecular weight is 495 g/mol. The van der Waals surface area contributed by atoms with Gasteiger partial charge in [-0.05, 0) is 92.1 Å². The van der Waals surface area contributed by atoms with E-state index in [-0.39, 0.29) is 12.1 Å². The molecule has 6 rings (SSSR count). The number of rotatable bonds is 6. The van der Waals surface area contributed by atoms with Crippen LogP contribution in [0.4, 0.5) is 5.69 Å². The third kappa shape index (κ3) is 4.26. The number of thiocarbonyl (C=S) groups is 1. The standard InChI is InChI=1S/C30H30N4OS/c1-21-9-2-5-14-27(21)35-24-17-15-23(16-18-24)34-29(26-13-8-20-33(26)22-10-3-4-11-22)28(32-30(34)36)25-12-6-7-19-31-25/h2,5-9,12-20,22,28-29H,3-4,10-11H2,1H3,(H,32,36)/t28-,29+/m1/s1. The molecule has 5 nitrogen and oxygen atoms in total. The lowest BCUT2D eigenvalue weighted by Gasteiger charge is -2.30. The predicted octanol–water partition coefficient (Wildman–Crippen LogP) is 7.28. The van der Waals surface area contributed by atoms with Crippen LogP contribution in [0.15, 0.2) is 91.3 Å². The van der Waals surface area contributed by atoms with Gasteiger partial charge in [-0.1, -0.05) is 37.1 Å². The Balaban J connectivity index is 1.36. The third-order valence-electron chi connectivity index (χ3n) is 7.37. The fourth-order valence-electron chi connectivity index (χ4n) is 5.58. The van der Waals surface area contributed by atoms with E-state index in [9.17, 15) is 0 Å². The fraction of sp³-hybridized carbons (Fsp3) is 0.267. The summed E-state index contributed by atoms with van der Waals surface area (Å²) >= 11 is 5.93. The monoisotopic (exact) mass is 494 g/mol. The smallest absolute Gasteiger partial charge is 0.174 e. The lowest BCUT2D eigenvalue weighted by Crippen LogP contribution is -2.30. The Morgan fingerprint density at radius 2 is 1.69 bits per heavy atom. The zero-order chi connectivity index (χ0) is 24.5. The van der Waals surface area contributed by atoms with Gasteiger partial charge in [0.2, 0.25) is 0 Å². The Morgan fingerprint density at radius 3 is 2.44 bits per heavy atom. The molecule has 2 aliphatic rings. The highest BCUT2D eigenvalue weighted by Gasteiger charge is 2.42. The van der Waals surface area contributed by atoms with E-state index in [0.29, 0.717) is 11.2 Å². The number of hydrogen-bond acceptors (Lipinski definition) is 3. The Hall–Kier alpha value is -3.64. The maximum absolute atomic E-state index is 6.15. The van der Waals surface area contributed by atoms with E-state index in [0.717, 1.165) is 28.4 Å². The SMILES string of the molecule is Cc1ccccc1Oc1ccc(N2C(=S)N[C@H](c3ccccn3)[C@@H]2c2cccn2C2CCCC2)cc1. The molecule has 1 N–H and O–H groups in total. The molecule has 36 heavy (non-hydrogen) atoms. The van der Waals surface area contributed by atoms with E-state index in [1.165, 1.54) is 31.4 Å². The molecule has 0 bridgehead atoms. The highest BCUT2D eigenvalue weighted by molar-refractivity contribution is 7.80. The van der Waals surface area contributed by atoms with E-state index >= 15 is 0 Å². The fourth-order valence-corrected chi connectivity index (χ4v) is 5.92. The Bertz CT molecular complexity index is 1340. The molecule has 1 aliphatic carbocycles. The number of para-hydroxylation sites is 1. The molecule has 0 radical (unpaired) electrons. The summed E-state index contributed by atoms with van der Waals surface area (Å²) in [6, 6.07) is 27.3. The van der Waals surface area contributed by atoms with Crippen LogP contribution < -0.4 is 15.0 Å². The van der Waals surface area contributed by atoms with Gasteiger partial charge in [-0.25, -0.2) is 0 Å². The molecular weight excluding hydrogens is 464 g/mol. The normalized spacial score (nSPS) is 20.0. The van der Waals surface area contributed by atoms with Gasteiger partial charge in [0, 0.05) is 29.8 Å². The number of aryl methyl sites for hydroxylation is 1. The minimum Gasteiger partial charge on any atom is -0.457 e. The first kappa shape index (κ1) is 22.8. The van der Waals surface area contributed by atoms with E-state index < -0.39 is 0 Å². The molecular formula is C30H30N4OS. The van der Waals surface area contributed by atoms with Crippen LogP contribution in [0.1, 0.15) is 60.8 Å². The van der Waals surface area contributed by atoms with Crippen LogP contribution in [0.2, 0.25) is 0 Å². The van der Waals surface area contributed by atoms with Crippen molar-refractivity contribution in [1.29, 1.82) is 0 Å². The summed E-state index contributed by atoms with van der Waals surface area (Å²) in [4.78, 5) is 6.94. The van der Waals surface area contributed by atoms with Gasteiger partial charge in [0.15, 0.2) is 5.11 Å². The summed E-state index contributed by atoms with van der Waals surface area (Å²) < 4.78 is 8.63. The Kier molecular flexibility index (Phi) is 6.20. The van der Waals surface area contributed by atoms with Crippen molar-refractivity contribution >= 4 is 23.0 Å². The molecule has 6 heteroatoms. The summed E-state index contributed by atoms with van der Waals surface area (Å²) in [5.74, 6) is 1.67. The molecule has 0 spiro atoms. The largest absolute Gasteiger partial charge is 0.457 e. The first-order valence-corrected chi connectivity index (χ1v) is 13.1. The number of pyridine rings is 1. The third-order valence-corrected chi connectivity index (χ3v) is 7.68. The molecule has 3 heterocycles. The molecule has 1 saturated heterocycles. The molecule has 0 unspecified atom stereocenters. The average Bonchev–Trinajstić information content (AvgIpc) is 3.66. The van der Waals surface area contributed by atoms with Gasteiger partial charge in [-0.15, -0.1) is 0 Å². The van der Waals surface area contributed by atoms with Crippen LogP contribution in [0, 0.1) is 6.92 Å². The first-order chi connectivity index (χ1) is 17.7. The number of nitrogens with zero attached hydrogens (tertiary/aromatic N) is 3. The van der Waals surface area contributed by atoms with E-state index in [4.69, 9.17) is 21.9 Å². The summed E-state index contributed by atoms with van der Waals surface area (Å²) in [6.07, 6.45) is 9.13. The van der Waals surface area contributed by atoms with Crippen molar-refractivity contribution in [1.82, 2.24) is 14.9 Å². The van der Waals surface area contributed by atoms with Crippen LogP contribution >= 0.6 is 12.2 Å². The Morgan fingerprint density at radius 1 is 0.917 bits per heavy atom. The number of anilines is 1. The number of aromatic nitrogens is 2. The van der Waals surface area contributed by atoms with Crippen LogP contribution in [-0.4, -0.2) is 14.7 Å². The minimum atomic E-state index is -0.0448. The second-order valence-electron chi connectivity index (χ2n) is 9.64. The second kappa shape index (κ2) is 9.78. The van der Waals surface area contributed by atoms with Crippen LogP contribution in [-0.2, 0) is 0 Å². The lowest BCUT2D eigenvalue weighted by molar-refractivity contribution is 0.461. The summed E-state index contributed by atoms with van der Waals surface area (Å²) in [7, 11) is 0. The molecule has 4 aromatic rings. The van der Waals surface area contributed by atoms with Crippen molar-refractivity contribution in [2.45, 2.75) is 50.7 Å². The molecule has 1 aliphatic heterocycles. The summed E-state index contributed by atoms with van der Waals surface area (Å²) in [5.41, 5.74) is 4.40. The molecule has 0 amide bonds. The maximum atomic E-state index is 6.15. The topological polar surface area (TPSA) is 42.3 Å². The van der Waals surface area contributed by atoms with Gasteiger partial charge < -0.3 is 19.5 Å². The molecule has 2 aromatic carbocycles. The molecule has 2 fully saturated rings. The molecule has 2 atom stereocenters. The molecule has 182 valence electrons. The first-order valence-electron chi connectivity index (χ1n) is 12.7. The van der Waals surface area contributed by atoms with Crippen molar-refractivity contribution in [2.24, 2.45) is 0 Å². The highest BCUT2D eigenvalue weighted by Crippen LogP contribution is 2.44. The van der Waals surface area contributed by atoms with E-state index in [2.05, 4.69) is 64.3 Å². The van der Waals surface area contributed by atoms with Gasteiger partial charge in [0.25, 0.3) is 0 Å². The van der Waals surface area contributed by atoms with E-state index in [1.807, 2.05) is 48.7 Å². The zero-order valence-corrected chi connectivity index (χ0v) is 21.2. The van der Waals surface area contributed by atoms with Gasteiger partial charge in [-0.2, -0.15) is 0 Å². The summed E-state index contributed by atoms with van der Waals surface area (Å²) in [6.45, 7) is 2.06. The second-order valence-corrected chi connectivity index (χ2v) is 10.0. The van der Waals surface area contributed by atoms with Crippen molar-refractivity contribution < 1.29 is 4.74 Å². The zero-order valence-electron chi connectivity index (χ0n) is 20.4. The number of nitrogens with one attached hydrogen (secondary N) is 1. The number of ether oxygens (including phenoxy) is 1. The van der Waals surface area contributed by atoms with Gasteiger partial charge in [0.05, 0.1) is 11.7 Å². The Labute approximate surface area is 217 Å². The highest BCUT2D eigenvalue weighted by atomic mass is 32.1. The summed E-state index contributed by atoms with van der Waals surface area (Å²) in [5, 5.41) is 4.30. The van der Waals surface area contributed by atoms with Crippen molar-refractivity contribution in [2.75, 3.05) is 4.90 Å². The van der Waals surface area contributed by atoms with Crippen molar-refractivity contribution in [3.8, 4) is 11.5 Å². The quantitative estimate of drug-likeness (QED) is 0.285. The minimum absolute atomic E-state index is 0.00821. The van der Waals surface area contributed by atoms with E-state index in [1.54, 1.807) is 0 Å². The van der Waals surface area contributed by atoms with Crippen LogP contribution in [0.25, 0.3) is 0 Å². The van der Waals surface area contributed by atoms with Crippen LogP contribution in [0.3, 0.4) is 0 Å².